The van der Waals surface area contributed by atoms with Crippen LogP contribution in [0.1, 0.15) is 19.4 Å². The third-order valence-corrected chi connectivity index (χ3v) is 2.36. The Morgan fingerprint density at radius 2 is 2.05 bits per heavy atom. The molecule has 0 unspecified atom stereocenters. The second-order valence-corrected chi connectivity index (χ2v) is 4.78. The molecule has 8 heteroatoms. The van der Waals surface area contributed by atoms with Crippen molar-refractivity contribution in [1.29, 1.82) is 0 Å². The number of halogens is 4. The fourth-order valence-electron chi connectivity index (χ4n) is 1.40. The SMILES string of the molecule is CC(C)CNC(N)=NCc1cc(OC(F)(F)F)ccc1F. The molecule has 3 N–H and O–H groups in total. The number of guanidine groups is 1. The van der Waals surface area contributed by atoms with Gasteiger partial charge in [0.2, 0.25) is 0 Å². The second-order valence-electron chi connectivity index (χ2n) is 4.78. The van der Waals surface area contributed by atoms with E-state index in [0.29, 0.717) is 12.5 Å². The molecule has 0 fully saturated rings. The number of nitrogens with zero attached hydrogens (tertiary/aromatic N) is 1. The third-order valence-electron chi connectivity index (χ3n) is 2.36. The van der Waals surface area contributed by atoms with Crippen LogP contribution in [0.15, 0.2) is 23.2 Å². The zero-order valence-corrected chi connectivity index (χ0v) is 11.7. The number of hydrogen-bond acceptors (Lipinski definition) is 2. The number of aliphatic imine (C=N–C) groups is 1. The number of hydrogen-bond donors (Lipinski definition) is 2. The van der Waals surface area contributed by atoms with Crippen LogP contribution in [-0.4, -0.2) is 18.9 Å². The van der Waals surface area contributed by atoms with Crippen LogP contribution in [0.4, 0.5) is 17.6 Å². The molecule has 0 aliphatic carbocycles. The van der Waals surface area contributed by atoms with Crippen molar-refractivity contribution in [2.75, 3.05) is 6.54 Å². The van der Waals surface area contributed by atoms with Gasteiger partial charge in [-0.15, -0.1) is 13.2 Å². The zero-order chi connectivity index (χ0) is 16.0. The minimum Gasteiger partial charge on any atom is -0.406 e. The summed E-state index contributed by atoms with van der Waals surface area (Å²) in [5.41, 5.74) is 5.53. The molecule has 0 bridgehead atoms. The summed E-state index contributed by atoms with van der Waals surface area (Å²) in [4.78, 5) is 3.87. The minimum absolute atomic E-state index is 0.0361. The van der Waals surface area contributed by atoms with E-state index in [1.54, 1.807) is 0 Å². The Balaban J connectivity index is 2.74. The molecule has 0 heterocycles. The topological polar surface area (TPSA) is 59.6 Å². The predicted octanol–water partition coefficient (Wildman–Crippen LogP) is 2.78. The molecular weight excluding hydrogens is 290 g/mol. The Bertz CT molecular complexity index is 501. The minimum atomic E-state index is -4.82. The van der Waals surface area contributed by atoms with Gasteiger partial charge in [0.1, 0.15) is 11.6 Å². The Morgan fingerprint density at radius 1 is 1.38 bits per heavy atom. The highest BCUT2D eigenvalue weighted by Gasteiger charge is 2.31. The molecule has 21 heavy (non-hydrogen) atoms. The maximum atomic E-state index is 13.5. The van der Waals surface area contributed by atoms with Crippen LogP contribution in [0.3, 0.4) is 0 Å². The van der Waals surface area contributed by atoms with Crippen LogP contribution in [0, 0.1) is 11.7 Å². The molecule has 0 aliphatic heterocycles. The average molecular weight is 307 g/mol. The van der Waals surface area contributed by atoms with Gasteiger partial charge in [0, 0.05) is 12.1 Å². The van der Waals surface area contributed by atoms with Gasteiger partial charge in [0.05, 0.1) is 6.54 Å². The normalized spacial score (nSPS) is 12.6. The zero-order valence-electron chi connectivity index (χ0n) is 11.7. The van der Waals surface area contributed by atoms with E-state index in [1.165, 1.54) is 0 Å². The highest BCUT2D eigenvalue weighted by molar-refractivity contribution is 5.77. The lowest BCUT2D eigenvalue weighted by atomic mass is 10.2. The van der Waals surface area contributed by atoms with Gasteiger partial charge in [-0.1, -0.05) is 13.8 Å². The van der Waals surface area contributed by atoms with Gasteiger partial charge >= 0.3 is 6.36 Å². The number of benzene rings is 1. The predicted molar refractivity (Wildman–Crippen MR) is 71.3 cm³/mol. The van der Waals surface area contributed by atoms with Gasteiger partial charge < -0.3 is 15.8 Å². The first kappa shape index (κ1) is 17.1. The molecule has 0 saturated carbocycles. The summed E-state index contributed by atoms with van der Waals surface area (Å²) in [5.74, 6) is -0.725. The van der Waals surface area contributed by atoms with E-state index in [2.05, 4.69) is 15.0 Å². The Labute approximate surface area is 120 Å². The average Bonchev–Trinajstić information content (AvgIpc) is 2.35. The highest BCUT2D eigenvalue weighted by atomic mass is 19.4. The summed E-state index contributed by atoms with van der Waals surface area (Å²) in [7, 11) is 0. The maximum Gasteiger partial charge on any atom is 0.573 e. The molecule has 4 nitrogen and oxygen atoms in total. The molecule has 0 spiro atoms. The molecule has 0 aromatic heterocycles. The molecular formula is C13H17F4N3O. The smallest absolute Gasteiger partial charge is 0.406 e. The standard InChI is InChI=1S/C13H17F4N3O/c1-8(2)6-19-12(18)20-7-9-5-10(3-4-11(9)14)21-13(15,16)17/h3-5,8H,6-7H2,1-2H3,(H3,18,19,20). The molecule has 0 radical (unpaired) electrons. The molecule has 0 saturated heterocycles. The van der Waals surface area contributed by atoms with Gasteiger partial charge in [-0.2, -0.15) is 0 Å². The molecule has 1 aromatic rings. The van der Waals surface area contributed by atoms with Gasteiger partial charge in [0.25, 0.3) is 0 Å². The van der Waals surface area contributed by atoms with Crippen molar-refractivity contribution in [3.05, 3.63) is 29.6 Å². The van der Waals surface area contributed by atoms with E-state index in [0.717, 1.165) is 18.2 Å². The first-order chi connectivity index (χ1) is 9.67. The summed E-state index contributed by atoms with van der Waals surface area (Å²) < 4.78 is 53.5. The van der Waals surface area contributed by atoms with Crippen LogP contribution >= 0.6 is 0 Å². The van der Waals surface area contributed by atoms with Gasteiger partial charge in [0.15, 0.2) is 5.96 Å². The summed E-state index contributed by atoms with van der Waals surface area (Å²) in [6.07, 6.45) is -4.82. The second kappa shape index (κ2) is 7.14. The van der Waals surface area contributed by atoms with Crippen molar-refractivity contribution in [3.8, 4) is 5.75 Å². The van der Waals surface area contributed by atoms with E-state index in [9.17, 15) is 17.6 Å². The van der Waals surface area contributed by atoms with E-state index in [4.69, 9.17) is 5.73 Å². The van der Waals surface area contributed by atoms with Crippen LogP contribution < -0.4 is 15.8 Å². The molecule has 0 amide bonds. The third kappa shape index (κ3) is 6.82. The van der Waals surface area contributed by atoms with E-state index in [1.807, 2.05) is 13.8 Å². The number of alkyl halides is 3. The van der Waals surface area contributed by atoms with Crippen molar-refractivity contribution < 1.29 is 22.3 Å². The molecule has 0 atom stereocenters. The fraction of sp³-hybridized carbons (Fsp3) is 0.462. The van der Waals surface area contributed by atoms with Gasteiger partial charge in [-0.05, 0) is 24.1 Å². The van der Waals surface area contributed by atoms with Crippen molar-refractivity contribution in [2.24, 2.45) is 16.6 Å². The van der Waals surface area contributed by atoms with E-state index < -0.39 is 17.9 Å². The summed E-state index contributed by atoms with van der Waals surface area (Å²) >= 11 is 0. The lowest BCUT2D eigenvalue weighted by Crippen LogP contribution is -2.34. The highest BCUT2D eigenvalue weighted by Crippen LogP contribution is 2.24. The lowest BCUT2D eigenvalue weighted by molar-refractivity contribution is -0.274. The summed E-state index contributed by atoms with van der Waals surface area (Å²) in [6, 6.07) is 2.74. The van der Waals surface area contributed by atoms with Crippen LogP contribution in [0.2, 0.25) is 0 Å². The first-order valence-corrected chi connectivity index (χ1v) is 6.25. The van der Waals surface area contributed by atoms with Crippen LogP contribution in [0.25, 0.3) is 0 Å². The number of rotatable bonds is 5. The van der Waals surface area contributed by atoms with Crippen molar-refractivity contribution in [3.63, 3.8) is 0 Å². The fourth-order valence-corrected chi connectivity index (χ4v) is 1.40. The monoisotopic (exact) mass is 307 g/mol. The lowest BCUT2D eigenvalue weighted by Gasteiger charge is -2.11. The summed E-state index contributed by atoms with van der Waals surface area (Å²) in [6.45, 7) is 4.35. The van der Waals surface area contributed by atoms with Crippen molar-refractivity contribution in [2.45, 2.75) is 26.8 Å². The summed E-state index contributed by atoms with van der Waals surface area (Å²) in [5, 5.41) is 2.82. The number of ether oxygens (including phenoxy) is 1. The number of nitrogens with two attached hydrogens (primary N) is 1. The maximum absolute atomic E-state index is 13.5. The molecule has 1 rings (SSSR count). The largest absolute Gasteiger partial charge is 0.573 e. The Kier molecular flexibility index (Phi) is 5.80. The van der Waals surface area contributed by atoms with Gasteiger partial charge in [-0.3, -0.25) is 0 Å². The van der Waals surface area contributed by atoms with Crippen LogP contribution in [-0.2, 0) is 6.54 Å². The quantitative estimate of drug-likeness (QED) is 0.499. The molecule has 118 valence electrons. The Hall–Kier alpha value is -1.99. The first-order valence-electron chi connectivity index (χ1n) is 6.25. The Morgan fingerprint density at radius 3 is 2.62 bits per heavy atom. The van der Waals surface area contributed by atoms with E-state index >= 15 is 0 Å². The van der Waals surface area contributed by atoms with E-state index in [-0.39, 0.29) is 18.1 Å². The molecule has 0 aliphatic rings. The van der Waals surface area contributed by atoms with Crippen molar-refractivity contribution >= 4 is 5.96 Å². The van der Waals surface area contributed by atoms with Crippen LogP contribution in [0.5, 0.6) is 5.75 Å². The van der Waals surface area contributed by atoms with Crippen molar-refractivity contribution in [1.82, 2.24) is 5.32 Å². The number of nitrogens with one attached hydrogen (secondary N) is 1. The van der Waals surface area contributed by atoms with Gasteiger partial charge in [-0.25, -0.2) is 9.38 Å². The molecule has 1 aromatic carbocycles.